The average Bonchev–Trinajstić information content (AvgIpc) is 2.96. The van der Waals surface area contributed by atoms with E-state index in [1.165, 1.54) is 16.0 Å². The van der Waals surface area contributed by atoms with Gasteiger partial charge in [-0.05, 0) is 43.0 Å². The highest BCUT2D eigenvalue weighted by molar-refractivity contribution is 6.21. The lowest BCUT2D eigenvalue weighted by Crippen LogP contribution is -2.37. The Labute approximate surface area is 165 Å². The maximum Gasteiger partial charge on any atom is 0.261 e. The van der Waals surface area contributed by atoms with Crippen LogP contribution in [0.5, 0.6) is 0 Å². The number of unbranched alkanes of at least 4 members (excludes halogenated alkanes) is 1. The Morgan fingerprint density at radius 1 is 0.929 bits per heavy atom. The first-order valence-electron chi connectivity index (χ1n) is 9.56. The molecule has 28 heavy (non-hydrogen) atoms. The topological polar surface area (TPSA) is 73.8 Å². The number of aryl methyl sites for hydroxylation is 1. The summed E-state index contributed by atoms with van der Waals surface area (Å²) >= 11 is 0. The number of carbonyl (C=O) groups excluding carboxylic acids is 2. The molecule has 0 atom stereocenters. The van der Waals surface area contributed by atoms with E-state index in [9.17, 15) is 9.59 Å². The standard InChI is InChI=1S/C22H26N4O2/c1-16-9-3-4-10-17(16)15-25-22(23-2)24-13-7-8-14-26-20(27)18-11-5-6-12-19(18)21(26)28/h3-6,9-12H,7-8,13-15H2,1-2H3,(H2,23,24,25). The lowest BCUT2D eigenvalue weighted by atomic mass is 10.1. The van der Waals surface area contributed by atoms with Gasteiger partial charge < -0.3 is 10.6 Å². The van der Waals surface area contributed by atoms with Crippen LogP contribution in [0.2, 0.25) is 0 Å². The van der Waals surface area contributed by atoms with E-state index in [1.54, 1.807) is 31.3 Å². The fraction of sp³-hybridized carbons (Fsp3) is 0.318. The predicted molar refractivity (Wildman–Crippen MR) is 110 cm³/mol. The molecule has 2 aromatic carbocycles. The number of nitrogens with one attached hydrogen (secondary N) is 2. The fourth-order valence-corrected chi connectivity index (χ4v) is 3.25. The normalized spacial score (nSPS) is 13.6. The van der Waals surface area contributed by atoms with E-state index in [0.717, 1.165) is 25.3 Å². The first-order chi connectivity index (χ1) is 13.6. The van der Waals surface area contributed by atoms with Crippen LogP contribution in [-0.4, -0.2) is 42.8 Å². The van der Waals surface area contributed by atoms with Gasteiger partial charge in [-0.2, -0.15) is 0 Å². The van der Waals surface area contributed by atoms with Gasteiger partial charge in [-0.25, -0.2) is 0 Å². The maximum absolute atomic E-state index is 12.3. The predicted octanol–water partition coefficient (Wildman–Crippen LogP) is 2.74. The van der Waals surface area contributed by atoms with E-state index in [0.29, 0.717) is 24.2 Å². The monoisotopic (exact) mass is 378 g/mol. The van der Waals surface area contributed by atoms with Gasteiger partial charge >= 0.3 is 0 Å². The zero-order chi connectivity index (χ0) is 19.9. The summed E-state index contributed by atoms with van der Waals surface area (Å²) in [6, 6.07) is 15.2. The minimum atomic E-state index is -0.190. The zero-order valence-corrected chi connectivity index (χ0v) is 16.4. The van der Waals surface area contributed by atoms with Crippen LogP contribution in [0, 0.1) is 6.92 Å². The minimum Gasteiger partial charge on any atom is -0.356 e. The van der Waals surface area contributed by atoms with Gasteiger partial charge in [0.15, 0.2) is 5.96 Å². The first kappa shape index (κ1) is 19.6. The van der Waals surface area contributed by atoms with Gasteiger partial charge in [0.05, 0.1) is 11.1 Å². The fourth-order valence-electron chi connectivity index (χ4n) is 3.25. The molecule has 0 bridgehead atoms. The first-order valence-corrected chi connectivity index (χ1v) is 9.56. The van der Waals surface area contributed by atoms with Gasteiger partial charge in [0.2, 0.25) is 0 Å². The summed E-state index contributed by atoms with van der Waals surface area (Å²) in [5, 5.41) is 6.58. The molecule has 2 amide bonds. The smallest absolute Gasteiger partial charge is 0.261 e. The molecule has 6 heteroatoms. The number of benzene rings is 2. The van der Waals surface area contributed by atoms with Crippen molar-refractivity contribution in [3.8, 4) is 0 Å². The number of aliphatic imine (C=N–C) groups is 1. The summed E-state index contributed by atoms with van der Waals surface area (Å²) in [6.45, 7) is 3.95. The molecule has 1 heterocycles. The van der Waals surface area contributed by atoms with E-state index in [-0.39, 0.29) is 11.8 Å². The molecule has 0 saturated carbocycles. The molecule has 0 unspecified atom stereocenters. The van der Waals surface area contributed by atoms with Gasteiger partial charge in [-0.3, -0.25) is 19.5 Å². The number of rotatable bonds is 7. The second kappa shape index (κ2) is 9.17. The molecule has 0 saturated heterocycles. The highest BCUT2D eigenvalue weighted by Gasteiger charge is 2.34. The summed E-state index contributed by atoms with van der Waals surface area (Å²) < 4.78 is 0. The van der Waals surface area contributed by atoms with Crippen LogP contribution in [0.25, 0.3) is 0 Å². The Morgan fingerprint density at radius 2 is 1.57 bits per heavy atom. The van der Waals surface area contributed by atoms with E-state index in [2.05, 4.69) is 34.7 Å². The molecule has 2 N–H and O–H groups in total. The summed E-state index contributed by atoms with van der Waals surface area (Å²) in [5.41, 5.74) is 3.49. The molecule has 0 aliphatic carbocycles. The van der Waals surface area contributed by atoms with Crippen molar-refractivity contribution in [3.05, 3.63) is 70.8 Å². The number of guanidine groups is 1. The molecule has 0 fully saturated rings. The van der Waals surface area contributed by atoms with Crippen molar-refractivity contribution in [2.75, 3.05) is 20.1 Å². The summed E-state index contributed by atoms with van der Waals surface area (Å²) in [4.78, 5) is 30.2. The number of imide groups is 1. The SMILES string of the molecule is CN=C(NCCCCN1C(=O)c2ccccc2C1=O)NCc1ccccc1C. The molecule has 2 aromatic rings. The van der Waals surface area contributed by atoms with Crippen LogP contribution >= 0.6 is 0 Å². The number of amides is 2. The van der Waals surface area contributed by atoms with Gasteiger partial charge in [-0.1, -0.05) is 36.4 Å². The highest BCUT2D eigenvalue weighted by atomic mass is 16.2. The van der Waals surface area contributed by atoms with Crippen molar-refractivity contribution in [2.45, 2.75) is 26.3 Å². The van der Waals surface area contributed by atoms with Crippen LogP contribution in [0.4, 0.5) is 0 Å². The van der Waals surface area contributed by atoms with E-state index in [1.807, 2.05) is 12.1 Å². The Balaban J connectivity index is 1.39. The summed E-state index contributed by atoms with van der Waals surface area (Å²) in [5.74, 6) is 0.359. The highest BCUT2D eigenvalue weighted by Crippen LogP contribution is 2.22. The number of carbonyl (C=O) groups is 2. The molecule has 146 valence electrons. The molecule has 6 nitrogen and oxygen atoms in total. The molecule has 0 aromatic heterocycles. The second-order valence-electron chi connectivity index (χ2n) is 6.79. The van der Waals surface area contributed by atoms with Crippen molar-refractivity contribution in [3.63, 3.8) is 0 Å². The van der Waals surface area contributed by atoms with Gasteiger partial charge in [-0.15, -0.1) is 0 Å². The molecular formula is C22H26N4O2. The Hall–Kier alpha value is -3.15. The van der Waals surface area contributed by atoms with Crippen LogP contribution in [0.1, 0.15) is 44.7 Å². The van der Waals surface area contributed by atoms with E-state index in [4.69, 9.17) is 0 Å². The third-order valence-electron chi connectivity index (χ3n) is 4.91. The van der Waals surface area contributed by atoms with Gasteiger partial charge in [0.25, 0.3) is 11.8 Å². The van der Waals surface area contributed by atoms with Crippen LogP contribution in [0.15, 0.2) is 53.5 Å². The van der Waals surface area contributed by atoms with E-state index < -0.39 is 0 Å². The Morgan fingerprint density at radius 3 is 2.21 bits per heavy atom. The molecule has 3 rings (SSSR count). The van der Waals surface area contributed by atoms with Crippen LogP contribution < -0.4 is 10.6 Å². The van der Waals surface area contributed by atoms with Crippen LogP contribution in [0.3, 0.4) is 0 Å². The van der Waals surface area contributed by atoms with E-state index >= 15 is 0 Å². The lowest BCUT2D eigenvalue weighted by Gasteiger charge is -2.15. The van der Waals surface area contributed by atoms with Crippen molar-refractivity contribution in [1.82, 2.24) is 15.5 Å². The number of fused-ring (bicyclic) bond motifs is 1. The zero-order valence-electron chi connectivity index (χ0n) is 16.4. The lowest BCUT2D eigenvalue weighted by molar-refractivity contribution is 0.0652. The third-order valence-corrected chi connectivity index (χ3v) is 4.91. The summed E-state index contributed by atoms with van der Waals surface area (Å²) in [7, 11) is 1.74. The largest absolute Gasteiger partial charge is 0.356 e. The maximum atomic E-state index is 12.3. The number of hydrogen-bond acceptors (Lipinski definition) is 3. The van der Waals surface area contributed by atoms with Crippen molar-refractivity contribution in [1.29, 1.82) is 0 Å². The van der Waals surface area contributed by atoms with Crippen LogP contribution in [-0.2, 0) is 6.54 Å². The second-order valence-corrected chi connectivity index (χ2v) is 6.79. The van der Waals surface area contributed by atoms with Crippen molar-refractivity contribution < 1.29 is 9.59 Å². The van der Waals surface area contributed by atoms with Gasteiger partial charge in [0.1, 0.15) is 0 Å². The number of nitrogens with zero attached hydrogens (tertiary/aromatic N) is 2. The average molecular weight is 378 g/mol. The molecule has 1 aliphatic heterocycles. The van der Waals surface area contributed by atoms with Crippen molar-refractivity contribution in [2.24, 2.45) is 4.99 Å². The Kier molecular flexibility index (Phi) is 6.42. The van der Waals surface area contributed by atoms with Gasteiger partial charge in [0, 0.05) is 26.7 Å². The third kappa shape index (κ3) is 4.39. The minimum absolute atomic E-state index is 0.190. The number of hydrogen-bond donors (Lipinski definition) is 2. The summed E-state index contributed by atoms with van der Waals surface area (Å²) in [6.07, 6.45) is 1.58. The molecule has 0 spiro atoms. The molecular weight excluding hydrogens is 352 g/mol. The molecule has 0 radical (unpaired) electrons. The quantitative estimate of drug-likeness (QED) is 0.336. The Bertz CT molecular complexity index is 857. The van der Waals surface area contributed by atoms with Crippen molar-refractivity contribution >= 4 is 17.8 Å². The molecule has 1 aliphatic rings.